The molecular weight excluding hydrogens is 524 g/mol. The number of carbonyl (C=O) groups is 3. The zero-order valence-electron chi connectivity index (χ0n) is 17.7. The molecule has 0 aromatic heterocycles. The number of carbonyl (C=O) groups excluding carboxylic acids is 3. The topological polar surface area (TPSA) is 76.1 Å². The van der Waals surface area contributed by atoms with E-state index < -0.39 is 11.9 Å². The highest BCUT2D eigenvalue weighted by Gasteiger charge is 2.44. The van der Waals surface area contributed by atoms with Gasteiger partial charge < -0.3 is 14.4 Å². The molecule has 3 amide bonds. The van der Waals surface area contributed by atoms with Gasteiger partial charge in [0.15, 0.2) is 11.5 Å². The van der Waals surface area contributed by atoms with Crippen molar-refractivity contribution in [3.8, 4) is 11.5 Å². The predicted octanol–water partition coefficient (Wildman–Crippen LogP) is 4.81. The lowest BCUT2D eigenvalue weighted by atomic mass is 10.1. The van der Waals surface area contributed by atoms with E-state index in [0.29, 0.717) is 27.8 Å². The number of halogens is 2. The van der Waals surface area contributed by atoms with E-state index in [9.17, 15) is 14.4 Å². The van der Waals surface area contributed by atoms with Crippen molar-refractivity contribution < 1.29 is 23.9 Å². The van der Waals surface area contributed by atoms with Crippen molar-refractivity contribution in [1.29, 1.82) is 0 Å². The van der Waals surface area contributed by atoms with E-state index in [1.807, 2.05) is 6.07 Å². The highest BCUT2D eigenvalue weighted by molar-refractivity contribution is 9.10. The van der Waals surface area contributed by atoms with E-state index in [0.717, 1.165) is 14.9 Å². The molecule has 3 aromatic carbocycles. The van der Waals surface area contributed by atoms with Crippen molar-refractivity contribution >= 4 is 50.9 Å². The fraction of sp³-hybridized carbons (Fsp3) is 0.160. The van der Waals surface area contributed by atoms with Gasteiger partial charge in [0.2, 0.25) is 12.7 Å². The molecule has 0 spiro atoms. The van der Waals surface area contributed by atoms with Crippen molar-refractivity contribution in [3.05, 3.63) is 87.4 Å². The summed E-state index contributed by atoms with van der Waals surface area (Å²) in [5.74, 6) is 0.00000169. The van der Waals surface area contributed by atoms with Crippen LogP contribution in [0.25, 0.3) is 0 Å². The van der Waals surface area contributed by atoms with Gasteiger partial charge in [-0.2, -0.15) is 0 Å². The summed E-state index contributed by atoms with van der Waals surface area (Å²) < 4.78 is 11.6. The van der Waals surface area contributed by atoms with Gasteiger partial charge in [-0.15, -0.1) is 0 Å². The van der Waals surface area contributed by atoms with Gasteiger partial charge in [-0.05, 0) is 66.2 Å². The van der Waals surface area contributed by atoms with Crippen molar-refractivity contribution in [2.75, 3.05) is 11.7 Å². The molecule has 2 aliphatic rings. The summed E-state index contributed by atoms with van der Waals surface area (Å²) in [5, 5.41) is 0.493. The molecule has 0 unspecified atom stereocenters. The van der Waals surface area contributed by atoms with Crippen LogP contribution < -0.4 is 14.4 Å². The van der Waals surface area contributed by atoms with Crippen molar-refractivity contribution in [2.24, 2.45) is 0 Å². The molecule has 0 bridgehead atoms. The van der Waals surface area contributed by atoms with Gasteiger partial charge >= 0.3 is 0 Å². The molecule has 2 heterocycles. The Labute approximate surface area is 208 Å². The van der Waals surface area contributed by atoms with E-state index >= 15 is 0 Å². The van der Waals surface area contributed by atoms with Crippen LogP contribution in [-0.2, 0) is 16.1 Å². The molecule has 2 aliphatic heterocycles. The van der Waals surface area contributed by atoms with Crippen LogP contribution >= 0.6 is 27.5 Å². The molecule has 9 heteroatoms. The SMILES string of the molecule is O=C1C[C@@H](N(Cc2ccc3c(c2)OCO3)C(=O)c2ccc(Cl)cc2)C(=O)N1c1ccc(Br)cc1. The number of imide groups is 1. The van der Waals surface area contributed by atoms with Crippen LogP contribution in [0.1, 0.15) is 22.3 Å². The van der Waals surface area contributed by atoms with Crippen LogP contribution in [0.5, 0.6) is 11.5 Å². The Hall–Kier alpha value is -3.36. The van der Waals surface area contributed by atoms with Gasteiger partial charge in [-0.25, -0.2) is 4.90 Å². The monoisotopic (exact) mass is 540 g/mol. The summed E-state index contributed by atoms with van der Waals surface area (Å²) in [6.07, 6.45) is -0.112. The number of nitrogens with zero attached hydrogens (tertiary/aromatic N) is 2. The first kappa shape index (κ1) is 22.4. The fourth-order valence-corrected chi connectivity index (χ4v) is 4.43. The fourth-order valence-electron chi connectivity index (χ4n) is 4.04. The van der Waals surface area contributed by atoms with Crippen molar-refractivity contribution in [1.82, 2.24) is 4.90 Å². The number of amides is 3. The van der Waals surface area contributed by atoms with Gasteiger partial charge in [0, 0.05) is 21.6 Å². The molecule has 3 aromatic rings. The van der Waals surface area contributed by atoms with Crippen molar-refractivity contribution in [3.63, 3.8) is 0 Å². The van der Waals surface area contributed by atoms with E-state index in [1.165, 1.54) is 4.90 Å². The Balaban J connectivity index is 1.49. The molecule has 0 radical (unpaired) electrons. The summed E-state index contributed by atoms with van der Waals surface area (Å²) >= 11 is 9.35. The number of fused-ring (bicyclic) bond motifs is 1. The van der Waals surface area contributed by atoms with Crippen LogP contribution in [0.2, 0.25) is 5.02 Å². The van der Waals surface area contributed by atoms with Gasteiger partial charge in [-0.3, -0.25) is 14.4 Å². The molecule has 0 saturated carbocycles. The Morgan fingerprint density at radius 3 is 2.44 bits per heavy atom. The van der Waals surface area contributed by atoms with E-state index in [4.69, 9.17) is 21.1 Å². The maximum absolute atomic E-state index is 13.6. The normalized spacial score (nSPS) is 16.8. The third-order valence-electron chi connectivity index (χ3n) is 5.73. The number of hydrogen-bond donors (Lipinski definition) is 0. The van der Waals surface area contributed by atoms with Gasteiger partial charge in [0.25, 0.3) is 11.8 Å². The van der Waals surface area contributed by atoms with E-state index in [2.05, 4.69) is 15.9 Å². The standard InChI is InChI=1S/C25H18BrClN2O5/c26-17-4-8-19(9-5-17)29-23(30)12-20(25(29)32)28(24(31)16-2-6-18(27)7-3-16)13-15-1-10-21-22(11-15)34-14-33-21/h1-11,20H,12-14H2/t20-/m1/s1. The first-order chi connectivity index (χ1) is 16.4. The Kier molecular flexibility index (Phi) is 6.02. The number of hydrogen-bond acceptors (Lipinski definition) is 5. The summed E-state index contributed by atoms with van der Waals surface area (Å²) in [7, 11) is 0. The molecule has 1 fully saturated rings. The molecule has 172 valence electrons. The highest BCUT2D eigenvalue weighted by atomic mass is 79.9. The largest absolute Gasteiger partial charge is 0.454 e. The van der Waals surface area contributed by atoms with Gasteiger partial charge in [0.1, 0.15) is 6.04 Å². The number of benzene rings is 3. The average molecular weight is 542 g/mol. The first-order valence-electron chi connectivity index (χ1n) is 10.5. The summed E-state index contributed by atoms with van der Waals surface area (Å²) in [4.78, 5) is 42.5. The molecule has 5 rings (SSSR count). The smallest absolute Gasteiger partial charge is 0.257 e. The quantitative estimate of drug-likeness (QED) is 0.434. The minimum absolute atomic E-state index is 0.107. The Bertz CT molecular complexity index is 1280. The third kappa shape index (κ3) is 4.26. The van der Waals surface area contributed by atoms with Crippen LogP contribution in [-0.4, -0.2) is 35.5 Å². The second kappa shape index (κ2) is 9.12. The van der Waals surface area contributed by atoms with Crippen LogP contribution in [0.4, 0.5) is 5.69 Å². The predicted molar refractivity (Wildman–Crippen MR) is 129 cm³/mol. The second-order valence-corrected chi connectivity index (χ2v) is 9.24. The van der Waals surface area contributed by atoms with Gasteiger partial charge in [0.05, 0.1) is 12.1 Å². The minimum atomic E-state index is -0.954. The Morgan fingerprint density at radius 1 is 1.00 bits per heavy atom. The lowest BCUT2D eigenvalue weighted by molar-refractivity contribution is -0.122. The number of anilines is 1. The van der Waals surface area contributed by atoms with Crippen LogP contribution in [0, 0.1) is 0 Å². The summed E-state index contributed by atoms with van der Waals surface area (Å²) in [5.41, 5.74) is 1.57. The molecule has 1 saturated heterocycles. The second-order valence-electron chi connectivity index (χ2n) is 7.89. The zero-order valence-corrected chi connectivity index (χ0v) is 20.1. The Morgan fingerprint density at radius 2 is 1.71 bits per heavy atom. The molecule has 0 N–H and O–H groups in total. The lowest BCUT2D eigenvalue weighted by Crippen LogP contribution is -2.45. The molecule has 0 aliphatic carbocycles. The van der Waals surface area contributed by atoms with Gasteiger partial charge in [-0.1, -0.05) is 33.6 Å². The van der Waals surface area contributed by atoms with Crippen LogP contribution in [0.15, 0.2) is 71.2 Å². The molecular formula is C25H18BrClN2O5. The third-order valence-corrected chi connectivity index (χ3v) is 6.51. The molecule has 34 heavy (non-hydrogen) atoms. The first-order valence-corrected chi connectivity index (χ1v) is 11.7. The molecule has 1 atom stereocenters. The molecule has 7 nitrogen and oxygen atoms in total. The summed E-state index contributed by atoms with van der Waals surface area (Å²) in [6, 6.07) is 17.7. The number of ether oxygens (including phenoxy) is 2. The maximum atomic E-state index is 13.6. The minimum Gasteiger partial charge on any atom is -0.454 e. The van der Waals surface area contributed by atoms with Crippen LogP contribution in [0.3, 0.4) is 0 Å². The van der Waals surface area contributed by atoms with E-state index in [-0.39, 0.29) is 31.6 Å². The maximum Gasteiger partial charge on any atom is 0.257 e. The zero-order chi connectivity index (χ0) is 23.8. The summed E-state index contributed by atoms with van der Waals surface area (Å²) in [6.45, 7) is 0.236. The van der Waals surface area contributed by atoms with Crippen molar-refractivity contribution in [2.45, 2.75) is 19.0 Å². The number of rotatable bonds is 5. The highest BCUT2D eigenvalue weighted by Crippen LogP contribution is 2.34. The van der Waals surface area contributed by atoms with E-state index in [1.54, 1.807) is 60.7 Å². The lowest BCUT2D eigenvalue weighted by Gasteiger charge is -2.28. The average Bonchev–Trinajstić information content (AvgIpc) is 3.41.